The van der Waals surface area contributed by atoms with Crippen LogP contribution in [0, 0.1) is 10.2 Å². The van der Waals surface area contributed by atoms with Gasteiger partial charge < -0.3 is 4.57 Å². The van der Waals surface area contributed by atoms with E-state index >= 15 is 0 Å². The first-order valence-electron chi connectivity index (χ1n) is 4.71. The van der Waals surface area contributed by atoms with E-state index < -0.39 is 0 Å². The van der Waals surface area contributed by atoms with E-state index in [0.717, 1.165) is 17.1 Å². The first-order chi connectivity index (χ1) is 6.06. The summed E-state index contributed by atoms with van der Waals surface area (Å²) in [5.41, 5.74) is 0.424. The van der Waals surface area contributed by atoms with Gasteiger partial charge in [0.1, 0.15) is 5.82 Å². The number of hydrogen-bond acceptors (Lipinski definition) is 2. The van der Waals surface area contributed by atoms with E-state index in [1.807, 2.05) is 0 Å². The molecule has 4 heteroatoms. The maximum Gasteiger partial charge on any atom is 0.195 e. The van der Waals surface area contributed by atoms with Crippen molar-refractivity contribution in [2.24, 2.45) is 5.41 Å². The van der Waals surface area contributed by atoms with Crippen molar-refractivity contribution in [3.05, 3.63) is 10.6 Å². The third-order valence-electron chi connectivity index (χ3n) is 2.93. The molecule has 13 heavy (non-hydrogen) atoms. The quantitative estimate of drug-likeness (QED) is 0.739. The van der Waals surface area contributed by atoms with Crippen molar-refractivity contribution in [3.8, 4) is 0 Å². The number of nitrogens with zero attached hydrogens (tertiary/aromatic N) is 2. The maximum atomic E-state index is 5.14. The summed E-state index contributed by atoms with van der Waals surface area (Å²) in [6.07, 6.45) is 1.23. The molecule has 0 aromatic carbocycles. The van der Waals surface area contributed by atoms with Crippen LogP contribution in [0.2, 0.25) is 0 Å². The Labute approximate surface area is 83.2 Å². The average Bonchev–Trinajstić information content (AvgIpc) is 2.55. The topological polar surface area (TPSA) is 33.6 Å². The van der Waals surface area contributed by atoms with Gasteiger partial charge in [-0.25, -0.2) is 0 Å². The van der Waals surface area contributed by atoms with E-state index in [2.05, 4.69) is 35.5 Å². The van der Waals surface area contributed by atoms with Crippen molar-refractivity contribution in [1.82, 2.24) is 14.8 Å². The zero-order valence-electron chi connectivity index (χ0n) is 8.29. The standard InChI is InChI=1S/C9H15N3S/c1-4-12-7(10-11-8(12)13)6-5-9(6,2)3/h6H,4-5H2,1-3H3,(H,11,13). The van der Waals surface area contributed by atoms with Gasteiger partial charge in [0.2, 0.25) is 0 Å². The molecule has 1 aliphatic rings. The van der Waals surface area contributed by atoms with E-state index in [4.69, 9.17) is 12.2 Å². The van der Waals surface area contributed by atoms with Crippen LogP contribution in [0.4, 0.5) is 0 Å². The van der Waals surface area contributed by atoms with E-state index in [1.165, 1.54) is 6.42 Å². The Hall–Kier alpha value is -0.640. The van der Waals surface area contributed by atoms with Gasteiger partial charge in [0.15, 0.2) is 4.77 Å². The molecule has 0 aliphatic heterocycles. The normalized spacial score (nSPS) is 24.7. The second-order valence-electron chi connectivity index (χ2n) is 4.38. The highest BCUT2D eigenvalue weighted by molar-refractivity contribution is 7.71. The van der Waals surface area contributed by atoms with Gasteiger partial charge in [-0.2, -0.15) is 5.10 Å². The first kappa shape index (κ1) is 8.94. The van der Waals surface area contributed by atoms with Gasteiger partial charge in [0.05, 0.1) is 0 Å². The van der Waals surface area contributed by atoms with Crippen molar-refractivity contribution in [2.45, 2.75) is 39.7 Å². The third-order valence-corrected chi connectivity index (χ3v) is 3.24. The van der Waals surface area contributed by atoms with Gasteiger partial charge in [-0.15, -0.1) is 0 Å². The average molecular weight is 197 g/mol. The summed E-state index contributed by atoms with van der Waals surface area (Å²) in [4.78, 5) is 0. The SMILES string of the molecule is CCn1c(C2CC2(C)C)n[nH]c1=S. The molecule has 1 atom stereocenters. The molecule has 1 aliphatic carbocycles. The van der Waals surface area contributed by atoms with Crippen LogP contribution in [0.3, 0.4) is 0 Å². The number of nitrogens with one attached hydrogen (secondary N) is 1. The van der Waals surface area contributed by atoms with E-state index in [0.29, 0.717) is 11.3 Å². The Balaban J connectivity index is 2.37. The molecule has 1 aromatic rings. The smallest absolute Gasteiger partial charge is 0.195 e. The van der Waals surface area contributed by atoms with Crippen LogP contribution >= 0.6 is 12.2 Å². The third kappa shape index (κ3) is 1.33. The lowest BCUT2D eigenvalue weighted by molar-refractivity contribution is 0.584. The molecule has 0 radical (unpaired) electrons. The molecule has 0 spiro atoms. The second-order valence-corrected chi connectivity index (χ2v) is 4.76. The molecule has 1 N–H and O–H groups in total. The van der Waals surface area contributed by atoms with Crippen molar-refractivity contribution < 1.29 is 0 Å². The lowest BCUT2D eigenvalue weighted by Gasteiger charge is -2.04. The van der Waals surface area contributed by atoms with Crippen LogP contribution < -0.4 is 0 Å². The van der Waals surface area contributed by atoms with Crippen LogP contribution in [0.5, 0.6) is 0 Å². The molecule has 72 valence electrons. The zero-order chi connectivity index (χ0) is 9.64. The molecule has 1 fully saturated rings. The van der Waals surface area contributed by atoms with Crippen molar-refractivity contribution >= 4 is 12.2 Å². The zero-order valence-corrected chi connectivity index (χ0v) is 9.11. The van der Waals surface area contributed by atoms with Gasteiger partial charge in [0, 0.05) is 12.5 Å². The van der Waals surface area contributed by atoms with Crippen LogP contribution in [0.1, 0.15) is 38.9 Å². The van der Waals surface area contributed by atoms with E-state index in [9.17, 15) is 0 Å². The molecule has 3 nitrogen and oxygen atoms in total. The molecule has 1 heterocycles. The van der Waals surface area contributed by atoms with Gasteiger partial charge >= 0.3 is 0 Å². The van der Waals surface area contributed by atoms with Gasteiger partial charge in [-0.3, -0.25) is 5.10 Å². The minimum atomic E-state index is 0.424. The minimum Gasteiger partial charge on any atom is -0.304 e. The summed E-state index contributed by atoms with van der Waals surface area (Å²) >= 11 is 5.14. The lowest BCUT2D eigenvalue weighted by atomic mass is 10.1. The fraction of sp³-hybridized carbons (Fsp3) is 0.778. The van der Waals surface area contributed by atoms with E-state index in [1.54, 1.807) is 0 Å². The molecular weight excluding hydrogens is 182 g/mol. The first-order valence-corrected chi connectivity index (χ1v) is 5.12. The second kappa shape index (κ2) is 2.67. The summed E-state index contributed by atoms with van der Waals surface area (Å²) in [7, 11) is 0. The van der Waals surface area contributed by atoms with Crippen LogP contribution in [-0.2, 0) is 6.54 Å². The number of aromatic nitrogens is 3. The van der Waals surface area contributed by atoms with Crippen LogP contribution in [-0.4, -0.2) is 14.8 Å². The van der Waals surface area contributed by atoms with Crippen LogP contribution in [0.15, 0.2) is 0 Å². The lowest BCUT2D eigenvalue weighted by Crippen LogP contribution is -2.03. The molecule has 1 saturated carbocycles. The van der Waals surface area contributed by atoms with Crippen molar-refractivity contribution in [1.29, 1.82) is 0 Å². The number of aromatic amines is 1. The fourth-order valence-corrected chi connectivity index (χ4v) is 2.08. The van der Waals surface area contributed by atoms with Gasteiger partial charge in [-0.1, -0.05) is 13.8 Å². The molecular formula is C9H15N3S. The predicted molar refractivity (Wildman–Crippen MR) is 54.2 cm³/mol. The highest BCUT2D eigenvalue weighted by Gasteiger charge is 2.49. The molecule has 1 unspecified atom stereocenters. The molecule has 2 rings (SSSR count). The Morgan fingerprint density at radius 3 is 2.77 bits per heavy atom. The molecule has 0 bridgehead atoms. The maximum absolute atomic E-state index is 5.14. The highest BCUT2D eigenvalue weighted by atomic mass is 32.1. The Bertz CT molecular complexity index is 374. The van der Waals surface area contributed by atoms with Crippen molar-refractivity contribution in [3.63, 3.8) is 0 Å². The Morgan fingerprint density at radius 2 is 2.31 bits per heavy atom. The molecule has 1 aromatic heterocycles. The summed E-state index contributed by atoms with van der Waals surface area (Å²) in [5.74, 6) is 1.73. The summed E-state index contributed by atoms with van der Waals surface area (Å²) < 4.78 is 2.84. The number of hydrogen-bond donors (Lipinski definition) is 1. The summed E-state index contributed by atoms with van der Waals surface area (Å²) in [6, 6.07) is 0. The largest absolute Gasteiger partial charge is 0.304 e. The van der Waals surface area contributed by atoms with Crippen molar-refractivity contribution in [2.75, 3.05) is 0 Å². The van der Waals surface area contributed by atoms with Crippen LogP contribution in [0.25, 0.3) is 0 Å². The van der Waals surface area contributed by atoms with Gasteiger partial charge in [0.25, 0.3) is 0 Å². The Kier molecular flexibility index (Phi) is 1.84. The highest BCUT2D eigenvalue weighted by Crippen LogP contribution is 2.57. The summed E-state index contributed by atoms with van der Waals surface area (Å²) in [5, 5.41) is 7.15. The fourth-order valence-electron chi connectivity index (χ4n) is 1.81. The molecule has 0 amide bonds. The Morgan fingerprint density at radius 1 is 1.69 bits per heavy atom. The monoisotopic (exact) mass is 197 g/mol. The molecule has 0 saturated heterocycles. The van der Waals surface area contributed by atoms with Gasteiger partial charge in [-0.05, 0) is 31.0 Å². The van der Waals surface area contributed by atoms with E-state index in [-0.39, 0.29) is 0 Å². The number of H-pyrrole nitrogens is 1. The predicted octanol–water partition coefficient (Wildman–Crippen LogP) is 2.47. The minimum absolute atomic E-state index is 0.424. The number of rotatable bonds is 2. The summed E-state index contributed by atoms with van der Waals surface area (Å²) in [6.45, 7) is 7.56.